The third kappa shape index (κ3) is 2.72. The van der Waals surface area contributed by atoms with Crippen molar-refractivity contribution in [3.8, 4) is 5.75 Å². The molecule has 1 atom stereocenters. The van der Waals surface area contributed by atoms with Gasteiger partial charge in [0.15, 0.2) is 0 Å². The average molecular weight is 316 g/mol. The first kappa shape index (κ1) is 14.7. The van der Waals surface area contributed by atoms with Crippen LogP contribution in [0.5, 0.6) is 5.75 Å². The normalized spacial score (nSPS) is 17.3. The van der Waals surface area contributed by atoms with Crippen molar-refractivity contribution in [1.82, 2.24) is 0 Å². The van der Waals surface area contributed by atoms with Gasteiger partial charge in [-0.1, -0.05) is 18.2 Å². The van der Waals surface area contributed by atoms with Crippen molar-refractivity contribution in [2.24, 2.45) is 0 Å². The fraction of sp³-hybridized carbons (Fsp3) is 0.235. The first-order valence-electron chi connectivity index (χ1n) is 6.89. The molecule has 4 nitrogen and oxygen atoms in total. The minimum atomic E-state index is -0.334. The van der Waals surface area contributed by atoms with Crippen molar-refractivity contribution in [2.45, 2.75) is 12.5 Å². The molecule has 0 saturated carbocycles. The number of esters is 1. The molecule has 0 amide bonds. The van der Waals surface area contributed by atoms with Crippen LogP contribution in [0.15, 0.2) is 47.4 Å². The molecule has 0 bridgehead atoms. The average Bonchev–Trinajstić information content (AvgIpc) is 3.23. The van der Waals surface area contributed by atoms with E-state index < -0.39 is 0 Å². The molecule has 0 fully saturated rings. The van der Waals surface area contributed by atoms with Crippen LogP contribution < -0.4 is 4.74 Å². The van der Waals surface area contributed by atoms with E-state index in [1.165, 1.54) is 7.11 Å². The number of ether oxygens (including phenoxy) is 3. The van der Waals surface area contributed by atoms with E-state index in [4.69, 9.17) is 14.2 Å². The van der Waals surface area contributed by atoms with Gasteiger partial charge in [0, 0.05) is 6.42 Å². The molecule has 1 aliphatic heterocycles. The Kier molecular flexibility index (Phi) is 4.15. The van der Waals surface area contributed by atoms with Crippen LogP contribution in [0.1, 0.15) is 23.0 Å². The highest BCUT2D eigenvalue weighted by Crippen LogP contribution is 2.42. The zero-order chi connectivity index (χ0) is 15.5. The summed E-state index contributed by atoms with van der Waals surface area (Å²) in [5.74, 6) is 1.09. The molecular weight excluding hydrogens is 300 g/mol. The summed E-state index contributed by atoms with van der Waals surface area (Å²) in [5.41, 5.74) is 1.60. The zero-order valence-electron chi connectivity index (χ0n) is 12.4. The number of thiophene rings is 1. The predicted molar refractivity (Wildman–Crippen MR) is 84.7 cm³/mol. The number of methoxy groups -OCH3 is 2. The molecule has 114 valence electrons. The molecular formula is C17H16O4S. The lowest BCUT2D eigenvalue weighted by molar-refractivity contribution is -0.136. The van der Waals surface area contributed by atoms with E-state index in [0.29, 0.717) is 17.8 Å². The van der Waals surface area contributed by atoms with E-state index in [2.05, 4.69) is 0 Å². The van der Waals surface area contributed by atoms with Crippen LogP contribution in [-0.4, -0.2) is 20.2 Å². The Balaban J connectivity index is 1.88. The second-order valence-corrected chi connectivity index (χ2v) is 5.81. The highest BCUT2D eigenvalue weighted by molar-refractivity contribution is 7.11. The van der Waals surface area contributed by atoms with Crippen LogP contribution in [0.3, 0.4) is 0 Å². The maximum atomic E-state index is 12.0. The van der Waals surface area contributed by atoms with Gasteiger partial charge in [-0.15, -0.1) is 11.3 Å². The molecule has 0 spiro atoms. The first-order valence-corrected chi connectivity index (χ1v) is 7.77. The summed E-state index contributed by atoms with van der Waals surface area (Å²) in [7, 11) is 3.02. The van der Waals surface area contributed by atoms with Crippen molar-refractivity contribution in [3.63, 3.8) is 0 Å². The van der Waals surface area contributed by atoms with E-state index in [1.54, 1.807) is 18.4 Å². The summed E-state index contributed by atoms with van der Waals surface area (Å²) >= 11 is 1.54. The number of hydrogen-bond acceptors (Lipinski definition) is 5. The fourth-order valence-corrected chi connectivity index (χ4v) is 3.19. The summed E-state index contributed by atoms with van der Waals surface area (Å²) in [6.07, 6.45) is 0.323. The monoisotopic (exact) mass is 316 g/mol. The van der Waals surface area contributed by atoms with Crippen LogP contribution in [-0.2, 0) is 14.3 Å². The summed E-state index contributed by atoms with van der Waals surface area (Å²) < 4.78 is 16.1. The Morgan fingerprint density at radius 3 is 2.59 bits per heavy atom. The Bertz CT molecular complexity index is 686. The second kappa shape index (κ2) is 6.23. The van der Waals surface area contributed by atoms with E-state index in [-0.39, 0.29) is 12.1 Å². The van der Waals surface area contributed by atoms with Crippen molar-refractivity contribution in [1.29, 1.82) is 0 Å². The van der Waals surface area contributed by atoms with Gasteiger partial charge in [0.25, 0.3) is 0 Å². The maximum absolute atomic E-state index is 12.0. The molecule has 1 aliphatic rings. The van der Waals surface area contributed by atoms with E-state index >= 15 is 0 Å². The van der Waals surface area contributed by atoms with Crippen LogP contribution in [0.4, 0.5) is 0 Å². The van der Waals surface area contributed by atoms with Gasteiger partial charge in [-0.3, -0.25) is 0 Å². The number of carbonyl (C=O) groups is 1. The fourth-order valence-electron chi connectivity index (χ4n) is 2.45. The van der Waals surface area contributed by atoms with Gasteiger partial charge >= 0.3 is 5.97 Å². The number of carbonyl (C=O) groups excluding carboxylic acids is 1. The molecule has 1 aromatic carbocycles. The lowest BCUT2D eigenvalue weighted by Crippen LogP contribution is -2.05. The minimum absolute atomic E-state index is 0.183. The highest BCUT2D eigenvalue weighted by Gasteiger charge is 2.33. The SMILES string of the molecule is COC(=O)C1=C(c2cccs2)OC(c2ccc(OC)cc2)C1. The molecule has 1 unspecified atom stereocenters. The Hall–Kier alpha value is -2.27. The standard InChI is InChI=1S/C17H16O4S/c1-19-12-7-5-11(6-8-12)14-10-13(17(18)20-2)16(21-14)15-4-3-9-22-15/h3-9,14H,10H2,1-2H3. The number of benzene rings is 1. The van der Waals surface area contributed by atoms with Gasteiger partial charge in [-0.25, -0.2) is 4.79 Å². The predicted octanol–water partition coefficient (Wildman–Crippen LogP) is 3.80. The highest BCUT2D eigenvalue weighted by atomic mass is 32.1. The van der Waals surface area contributed by atoms with E-state index in [0.717, 1.165) is 16.2 Å². The van der Waals surface area contributed by atoms with Crippen molar-refractivity contribution >= 4 is 23.1 Å². The van der Waals surface area contributed by atoms with Crippen LogP contribution in [0, 0.1) is 0 Å². The Labute approximate surface area is 132 Å². The summed E-state index contributed by atoms with van der Waals surface area (Å²) in [4.78, 5) is 13.0. The second-order valence-electron chi connectivity index (χ2n) is 4.86. The summed E-state index contributed by atoms with van der Waals surface area (Å²) in [6, 6.07) is 11.6. The minimum Gasteiger partial charge on any atom is -0.497 e. The molecule has 1 aromatic heterocycles. The Morgan fingerprint density at radius 2 is 2.00 bits per heavy atom. The topological polar surface area (TPSA) is 44.8 Å². The van der Waals surface area contributed by atoms with Gasteiger partial charge in [-0.2, -0.15) is 0 Å². The molecule has 3 rings (SSSR count). The van der Waals surface area contributed by atoms with Crippen LogP contribution >= 0.6 is 11.3 Å². The first-order chi connectivity index (χ1) is 10.7. The van der Waals surface area contributed by atoms with E-state index in [1.807, 2.05) is 41.8 Å². The van der Waals surface area contributed by atoms with Crippen molar-refractivity contribution < 1.29 is 19.0 Å². The molecule has 2 heterocycles. The largest absolute Gasteiger partial charge is 0.497 e. The lowest BCUT2D eigenvalue weighted by Gasteiger charge is -2.13. The molecule has 0 N–H and O–H groups in total. The summed E-state index contributed by atoms with van der Waals surface area (Å²) in [6.45, 7) is 0. The van der Waals surface area contributed by atoms with Crippen LogP contribution in [0.25, 0.3) is 5.76 Å². The molecule has 0 saturated heterocycles. The van der Waals surface area contributed by atoms with Gasteiger partial charge in [0.1, 0.15) is 17.6 Å². The third-order valence-corrected chi connectivity index (χ3v) is 4.46. The van der Waals surface area contributed by atoms with Gasteiger partial charge in [-0.05, 0) is 29.1 Å². The molecule has 2 aromatic rings. The van der Waals surface area contributed by atoms with Crippen LogP contribution in [0.2, 0.25) is 0 Å². The molecule has 0 aliphatic carbocycles. The quantitative estimate of drug-likeness (QED) is 0.805. The zero-order valence-corrected chi connectivity index (χ0v) is 13.2. The third-order valence-electron chi connectivity index (χ3n) is 3.59. The molecule has 5 heteroatoms. The van der Waals surface area contributed by atoms with Gasteiger partial charge < -0.3 is 14.2 Å². The van der Waals surface area contributed by atoms with Gasteiger partial charge in [0.2, 0.25) is 0 Å². The van der Waals surface area contributed by atoms with Crippen molar-refractivity contribution in [3.05, 3.63) is 57.8 Å². The lowest BCUT2D eigenvalue weighted by atomic mass is 10.0. The smallest absolute Gasteiger partial charge is 0.337 e. The maximum Gasteiger partial charge on any atom is 0.337 e. The molecule has 0 radical (unpaired) electrons. The summed E-state index contributed by atoms with van der Waals surface area (Å²) in [5, 5.41) is 1.96. The number of rotatable bonds is 4. The molecule has 22 heavy (non-hydrogen) atoms. The van der Waals surface area contributed by atoms with Crippen molar-refractivity contribution in [2.75, 3.05) is 14.2 Å². The number of hydrogen-bond donors (Lipinski definition) is 0. The van der Waals surface area contributed by atoms with Gasteiger partial charge in [0.05, 0.1) is 24.7 Å². The Morgan fingerprint density at radius 1 is 1.23 bits per heavy atom. The van der Waals surface area contributed by atoms with E-state index in [9.17, 15) is 4.79 Å².